The molecule has 1 aromatic carbocycles. The van der Waals surface area contributed by atoms with Crippen molar-refractivity contribution in [2.75, 3.05) is 0 Å². The van der Waals surface area contributed by atoms with Gasteiger partial charge in [-0.1, -0.05) is 31.9 Å². The molecule has 0 amide bonds. The summed E-state index contributed by atoms with van der Waals surface area (Å²) >= 11 is 0. The van der Waals surface area contributed by atoms with E-state index < -0.39 is 0 Å². The molecule has 1 fully saturated rings. The highest BCUT2D eigenvalue weighted by Gasteiger charge is 2.24. The molecule has 1 heteroatoms. The number of hydrogen-bond donors (Lipinski definition) is 0. The Labute approximate surface area is 85.4 Å². The van der Waals surface area contributed by atoms with E-state index in [4.69, 9.17) is 5.26 Å². The van der Waals surface area contributed by atoms with E-state index in [1.165, 1.54) is 24.8 Å². The second-order valence-electron chi connectivity index (χ2n) is 4.25. The van der Waals surface area contributed by atoms with E-state index >= 15 is 0 Å². The summed E-state index contributed by atoms with van der Waals surface area (Å²) in [5, 5.41) is 8.82. The minimum atomic E-state index is 0.684. The Kier molecular flexibility index (Phi) is 2.54. The molecule has 0 aromatic heterocycles. The van der Waals surface area contributed by atoms with Gasteiger partial charge in [-0.15, -0.1) is 0 Å². The van der Waals surface area contributed by atoms with Crippen LogP contribution in [0, 0.1) is 17.2 Å². The molecular weight excluding hydrogens is 170 g/mol. The lowest BCUT2D eigenvalue weighted by Crippen LogP contribution is -2.01. The Morgan fingerprint density at radius 1 is 1.36 bits per heavy atom. The molecule has 0 radical (unpaired) electrons. The van der Waals surface area contributed by atoms with E-state index in [2.05, 4.69) is 19.1 Å². The van der Waals surface area contributed by atoms with Crippen molar-refractivity contribution in [3.8, 4) is 6.07 Å². The maximum atomic E-state index is 8.82. The zero-order chi connectivity index (χ0) is 9.97. The van der Waals surface area contributed by atoms with Crippen molar-refractivity contribution >= 4 is 0 Å². The van der Waals surface area contributed by atoms with Gasteiger partial charge >= 0.3 is 0 Å². The lowest BCUT2D eigenvalue weighted by atomic mass is 9.89. The molecule has 0 bridgehead atoms. The summed E-state index contributed by atoms with van der Waals surface area (Å²) < 4.78 is 0. The maximum Gasteiger partial charge on any atom is 0.0991 e. The van der Waals surface area contributed by atoms with E-state index in [1.54, 1.807) is 0 Å². The molecule has 0 spiro atoms. The van der Waals surface area contributed by atoms with Gasteiger partial charge in [0.2, 0.25) is 0 Å². The minimum Gasteiger partial charge on any atom is -0.192 e. The summed E-state index contributed by atoms with van der Waals surface area (Å²) in [6.45, 7) is 2.32. The van der Waals surface area contributed by atoms with E-state index in [-0.39, 0.29) is 0 Å². The summed E-state index contributed by atoms with van der Waals surface area (Å²) in [6, 6.07) is 10.3. The van der Waals surface area contributed by atoms with E-state index in [0.29, 0.717) is 5.92 Å². The van der Waals surface area contributed by atoms with Crippen molar-refractivity contribution in [3.63, 3.8) is 0 Å². The van der Waals surface area contributed by atoms with Crippen LogP contribution in [0.1, 0.15) is 43.2 Å². The number of benzene rings is 1. The normalized spacial score (nSPS) is 26.0. The number of hydrogen-bond acceptors (Lipinski definition) is 1. The van der Waals surface area contributed by atoms with Gasteiger partial charge in [-0.2, -0.15) is 5.26 Å². The molecule has 72 valence electrons. The summed E-state index contributed by atoms with van der Waals surface area (Å²) in [7, 11) is 0. The van der Waals surface area contributed by atoms with Crippen LogP contribution in [0.2, 0.25) is 0 Å². The molecule has 1 saturated carbocycles. The molecule has 2 rings (SSSR count). The second-order valence-corrected chi connectivity index (χ2v) is 4.25. The first kappa shape index (κ1) is 9.27. The van der Waals surface area contributed by atoms with Crippen LogP contribution in [-0.4, -0.2) is 0 Å². The first-order valence-electron chi connectivity index (χ1n) is 5.31. The zero-order valence-electron chi connectivity index (χ0n) is 8.53. The predicted molar refractivity (Wildman–Crippen MR) is 56.9 cm³/mol. The molecule has 0 saturated heterocycles. The fourth-order valence-corrected chi connectivity index (χ4v) is 2.48. The van der Waals surface area contributed by atoms with Crippen molar-refractivity contribution in [2.45, 2.75) is 32.1 Å². The van der Waals surface area contributed by atoms with Gasteiger partial charge in [-0.05, 0) is 36.0 Å². The van der Waals surface area contributed by atoms with Crippen LogP contribution in [-0.2, 0) is 0 Å². The lowest BCUT2D eigenvalue weighted by molar-refractivity contribution is 0.533. The quantitative estimate of drug-likeness (QED) is 0.657. The van der Waals surface area contributed by atoms with Crippen LogP contribution in [0.15, 0.2) is 24.3 Å². The Bertz CT molecular complexity index is 362. The summed E-state index contributed by atoms with van der Waals surface area (Å²) in [6.07, 6.45) is 3.96. The first-order chi connectivity index (χ1) is 6.81. The van der Waals surface area contributed by atoms with Gasteiger partial charge in [-0.3, -0.25) is 0 Å². The Hall–Kier alpha value is -1.29. The number of nitriles is 1. The van der Waals surface area contributed by atoms with Crippen molar-refractivity contribution < 1.29 is 0 Å². The summed E-state index contributed by atoms with van der Waals surface area (Å²) in [5.74, 6) is 1.47. The molecule has 0 N–H and O–H groups in total. The maximum absolute atomic E-state index is 8.82. The molecule has 2 unspecified atom stereocenters. The molecule has 0 heterocycles. The van der Waals surface area contributed by atoms with Gasteiger partial charge in [-0.25, -0.2) is 0 Å². The SMILES string of the molecule is CC1CCCC1c1cccc(C#N)c1. The second kappa shape index (κ2) is 3.84. The molecular formula is C13H15N. The van der Waals surface area contributed by atoms with Crippen LogP contribution in [0.3, 0.4) is 0 Å². The zero-order valence-corrected chi connectivity index (χ0v) is 8.53. The van der Waals surface area contributed by atoms with Gasteiger partial charge in [0.25, 0.3) is 0 Å². The topological polar surface area (TPSA) is 23.8 Å². The molecule has 1 aliphatic carbocycles. The van der Waals surface area contributed by atoms with Crippen LogP contribution >= 0.6 is 0 Å². The largest absolute Gasteiger partial charge is 0.192 e. The van der Waals surface area contributed by atoms with Gasteiger partial charge in [0.05, 0.1) is 11.6 Å². The first-order valence-corrected chi connectivity index (χ1v) is 5.31. The number of rotatable bonds is 1. The van der Waals surface area contributed by atoms with Crippen LogP contribution < -0.4 is 0 Å². The Morgan fingerprint density at radius 3 is 2.86 bits per heavy atom. The highest BCUT2D eigenvalue weighted by Crippen LogP contribution is 2.39. The third kappa shape index (κ3) is 1.65. The van der Waals surface area contributed by atoms with E-state index in [9.17, 15) is 0 Å². The molecule has 2 atom stereocenters. The van der Waals surface area contributed by atoms with Crippen molar-refractivity contribution in [1.82, 2.24) is 0 Å². The van der Waals surface area contributed by atoms with Crippen molar-refractivity contribution in [2.24, 2.45) is 5.92 Å². The third-order valence-electron chi connectivity index (χ3n) is 3.31. The monoisotopic (exact) mass is 185 g/mol. The predicted octanol–water partition coefficient (Wildman–Crippen LogP) is 3.46. The van der Waals surface area contributed by atoms with Gasteiger partial charge in [0.15, 0.2) is 0 Å². The standard InChI is InChI=1S/C13H15N/c1-10-4-2-7-13(10)12-6-3-5-11(8-12)9-14/h3,5-6,8,10,13H,2,4,7H2,1H3. The molecule has 1 nitrogen and oxygen atoms in total. The minimum absolute atomic E-state index is 0.684. The molecule has 1 aromatic rings. The Balaban J connectivity index is 2.28. The van der Waals surface area contributed by atoms with E-state index in [1.807, 2.05) is 18.2 Å². The van der Waals surface area contributed by atoms with Crippen molar-refractivity contribution in [3.05, 3.63) is 35.4 Å². The fourth-order valence-electron chi connectivity index (χ4n) is 2.48. The lowest BCUT2D eigenvalue weighted by Gasteiger charge is -2.15. The third-order valence-corrected chi connectivity index (χ3v) is 3.31. The summed E-state index contributed by atoms with van der Waals surface area (Å²) in [4.78, 5) is 0. The highest BCUT2D eigenvalue weighted by molar-refractivity contribution is 5.34. The van der Waals surface area contributed by atoms with Crippen LogP contribution in [0.4, 0.5) is 0 Å². The van der Waals surface area contributed by atoms with Gasteiger partial charge in [0.1, 0.15) is 0 Å². The van der Waals surface area contributed by atoms with Crippen molar-refractivity contribution in [1.29, 1.82) is 5.26 Å². The molecule has 14 heavy (non-hydrogen) atoms. The fraction of sp³-hybridized carbons (Fsp3) is 0.462. The number of nitrogens with zero attached hydrogens (tertiary/aromatic N) is 1. The van der Waals surface area contributed by atoms with Gasteiger partial charge < -0.3 is 0 Å². The van der Waals surface area contributed by atoms with Crippen LogP contribution in [0.5, 0.6) is 0 Å². The summed E-state index contributed by atoms with van der Waals surface area (Å²) in [5.41, 5.74) is 2.15. The van der Waals surface area contributed by atoms with Gasteiger partial charge in [0, 0.05) is 0 Å². The Morgan fingerprint density at radius 2 is 2.21 bits per heavy atom. The molecule has 1 aliphatic rings. The highest BCUT2D eigenvalue weighted by atomic mass is 14.3. The molecule has 0 aliphatic heterocycles. The van der Waals surface area contributed by atoms with E-state index in [0.717, 1.165) is 11.5 Å². The van der Waals surface area contributed by atoms with Crippen LogP contribution in [0.25, 0.3) is 0 Å². The average Bonchev–Trinajstić information content (AvgIpc) is 2.65. The average molecular weight is 185 g/mol. The smallest absolute Gasteiger partial charge is 0.0991 e.